The first-order valence-corrected chi connectivity index (χ1v) is 11.0. The van der Waals surface area contributed by atoms with Gasteiger partial charge in [-0.15, -0.1) is 0 Å². The number of amides is 1. The quantitative estimate of drug-likeness (QED) is 0.775. The van der Waals surface area contributed by atoms with Gasteiger partial charge in [0, 0.05) is 12.6 Å². The molecule has 2 heterocycles. The molecule has 0 radical (unpaired) electrons. The molecule has 2 aliphatic heterocycles. The Hall–Kier alpha value is -2.84. The van der Waals surface area contributed by atoms with Gasteiger partial charge in [-0.1, -0.05) is 18.2 Å². The van der Waals surface area contributed by atoms with E-state index in [9.17, 15) is 13.2 Å². The summed E-state index contributed by atoms with van der Waals surface area (Å²) in [5.74, 6) is 1.37. The van der Waals surface area contributed by atoms with Gasteiger partial charge < -0.3 is 14.4 Å². The number of carbonyl (C=O) groups excluding carboxylic acids is 1. The molecule has 1 saturated heterocycles. The maximum Gasteiger partial charge on any atom is 0.247 e. The Morgan fingerprint density at radius 2 is 1.79 bits per heavy atom. The van der Waals surface area contributed by atoms with Crippen molar-refractivity contribution in [3.63, 3.8) is 0 Å². The number of ether oxygens (including phenoxy) is 2. The van der Waals surface area contributed by atoms with Gasteiger partial charge in [0.05, 0.1) is 10.9 Å². The van der Waals surface area contributed by atoms with Crippen molar-refractivity contribution in [1.29, 1.82) is 0 Å². The van der Waals surface area contributed by atoms with Gasteiger partial charge in [-0.25, -0.2) is 13.6 Å². The molecule has 0 spiro atoms. The van der Waals surface area contributed by atoms with E-state index in [1.165, 1.54) is 18.2 Å². The van der Waals surface area contributed by atoms with Crippen LogP contribution in [0.15, 0.2) is 53.4 Å². The highest BCUT2D eigenvalue weighted by molar-refractivity contribution is 7.89. The van der Waals surface area contributed by atoms with Crippen molar-refractivity contribution in [2.45, 2.75) is 23.8 Å². The number of sulfonamides is 1. The van der Waals surface area contributed by atoms with Crippen molar-refractivity contribution in [3.05, 3.63) is 59.7 Å². The van der Waals surface area contributed by atoms with E-state index in [4.69, 9.17) is 14.6 Å². The number of carbonyl (C=O) groups is 1. The van der Waals surface area contributed by atoms with Gasteiger partial charge in [-0.2, -0.15) is 0 Å². The summed E-state index contributed by atoms with van der Waals surface area (Å²) in [5.41, 5.74) is 1.76. The van der Waals surface area contributed by atoms with Crippen LogP contribution in [-0.4, -0.2) is 39.0 Å². The Labute approximate surface area is 169 Å². The van der Waals surface area contributed by atoms with Crippen LogP contribution < -0.4 is 14.6 Å². The Morgan fingerprint density at radius 3 is 2.52 bits per heavy atom. The van der Waals surface area contributed by atoms with Crippen LogP contribution in [0.3, 0.4) is 0 Å². The monoisotopic (exact) mass is 414 g/mol. The molecule has 0 saturated carbocycles. The number of primary sulfonamides is 1. The molecule has 152 valence electrons. The van der Waals surface area contributed by atoms with Crippen molar-refractivity contribution in [2.75, 3.05) is 19.8 Å². The summed E-state index contributed by atoms with van der Waals surface area (Å²) in [6, 6.07) is 11.9. The standard InChI is InChI=1S/C21H22N2O5S/c22-29(25,26)17-7-3-15(4-8-17)5-10-21(24)23-11-1-2-18(23)16-6-9-19-20(14-16)28-13-12-27-19/h3-10,14,18H,1-2,11-13H2,(H2,22,25,26)/b10-5+/t18-/m1/s1. The maximum absolute atomic E-state index is 12.8. The van der Waals surface area contributed by atoms with Crippen molar-refractivity contribution in [3.8, 4) is 11.5 Å². The molecule has 0 aliphatic carbocycles. The summed E-state index contributed by atoms with van der Waals surface area (Å²) in [7, 11) is -3.73. The molecular formula is C21H22N2O5S. The van der Waals surface area contributed by atoms with E-state index in [0.29, 0.717) is 19.8 Å². The molecule has 2 aromatic carbocycles. The van der Waals surface area contributed by atoms with E-state index in [1.54, 1.807) is 18.2 Å². The number of hydrogen-bond donors (Lipinski definition) is 1. The van der Waals surface area contributed by atoms with Crippen LogP contribution in [0.25, 0.3) is 6.08 Å². The largest absolute Gasteiger partial charge is 0.486 e. The first kappa shape index (κ1) is 19.5. The van der Waals surface area contributed by atoms with Gasteiger partial charge in [0.15, 0.2) is 11.5 Å². The molecule has 1 amide bonds. The van der Waals surface area contributed by atoms with Crippen LogP contribution in [0.1, 0.15) is 30.0 Å². The van der Waals surface area contributed by atoms with E-state index in [-0.39, 0.29) is 16.8 Å². The lowest BCUT2D eigenvalue weighted by Crippen LogP contribution is -2.29. The number of rotatable bonds is 4. The summed E-state index contributed by atoms with van der Waals surface area (Å²) in [6.07, 6.45) is 5.01. The summed E-state index contributed by atoms with van der Waals surface area (Å²) >= 11 is 0. The second-order valence-electron chi connectivity index (χ2n) is 7.04. The number of nitrogens with two attached hydrogens (primary N) is 1. The Bertz CT molecular complexity index is 1050. The third-order valence-electron chi connectivity index (χ3n) is 5.11. The molecule has 2 N–H and O–H groups in total. The van der Waals surface area contributed by atoms with Crippen LogP contribution in [0.5, 0.6) is 11.5 Å². The van der Waals surface area contributed by atoms with Crippen LogP contribution in [0.2, 0.25) is 0 Å². The van der Waals surface area contributed by atoms with Crippen LogP contribution >= 0.6 is 0 Å². The zero-order valence-electron chi connectivity index (χ0n) is 15.8. The van der Waals surface area contributed by atoms with Crippen molar-refractivity contribution in [1.82, 2.24) is 4.90 Å². The first-order chi connectivity index (χ1) is 13.9. The third-order valence-corrected chi connectivity index (χ3v) is 6.04. The van der Waals surface area contributed by atoms with Crippen LogP contribution in [0.4, 0.5) is 0 Å². The fourth-order valence-electron chi connectivity index (χ4n) is 3.68. The van der Waals surface area contributed by atoms with Gasteiger partial charge in [0.2, 0.25) is 15.9 Å². The number of fused-ring (bicyclic) bond motifs is 1. The zero-order chi connectivity index (χ0) is 20.4. The van der Waals surface area contributed by atoms with Gasteiger partial charge in [0.1, 0.15) is 13.2 Å². The Balaban J connectivity index is 1.48. The highest BCUT2D eigenvalue weighted by atomic mass is 32.2. The third kappa shape index (κ3) is 4.28. The molecule has 0 bridgehead atoms. The lowest BCUT2D eigenvalue weighted by atomic mass is 10.0. The summed E-state index contributed by atoms with van der Waals surface area (Å²) < 4.78 is 33.9. The Morgan fingerprint density at radius 1 is 1.07 bits per heavy atom. The molecule has 1 atom stereocenters. The highest BCUT2D eigenvalue weighted by Gasteiger charge is 2.29. The smallest absolute Gasteiger partial charge is 0.247 e. The second kappa shape index (κ2) is 7.88. The fraction of sp³-hybridized carbons (Fsp3) is 0.286. The highest BCUT2D eigenvalue weighted by Crippen LogP contribution is 2.38. The minimum atomic E-state index is -3.73. The molecule has 0 aromatic heterocycles. The second-order valence-corrected chi connectivity index (χ2v) is 8.60. The van der Waals surface area contributed by atoms with Gasteiger partial charge in [0.25, 0.3) is 0 Å². The maximum atomic E-state index is 12.8. The topological polar surface area (TPSA) is 98.9 Å². The lowest BCUT2D eigenvalue weighted by Gasteiger charge is -2.26. The van der Waals surface area contributed by atoms with E-state index in [0.717, 1.165) is 35.5 Å². The normalized spacial score (nSPS) is 18.9. The summed E-state index contributed by atoms with van der Waals surface area (Å²) in [6.45, 7) is 1.76. The number of nitrogens with zero attached hydrogens (tertiary/aromatic N) is 1. The molecule has 2 aliphatic rings. The van der Waals surface area contributed by atoms with E-state index >= 15 is 0 Å². The van der Waals surface area contributed by atoms with E-state index in [2.05, 4.69) is 0 Å². The van der Waals surface area contributed by atoms with Crippen molar-refractivity contribution < 1.29 is 22.7 Å². The van der Waals surface area contributed by atoms with Gasteiger partial charge in [-0.3, -0.25) is 4.79 Å². The Kier molecular flexibility index (Phi) is 5.29. The van der Waals surface area contributed by atoms with Crippen molar-refractivity contribution >= 4 is 22.0 Å². The average Bonchev–Trinajstić information content (AvgIpc) is 3.21. The summed E-state index contributed by atoms with van der Waals surface area (Å²) in [4.78, 5) is 14.7. The molecule has 29 heavy (non-hydrogen) atoms. The first-order valence-electron chi connectivity index (χ1n) is 9.43. The lowest BCUT2D eigenvalue weighted by molar-refractivity contribution is -0.126. The zero-order valence-corrected chi connectivity index (χ0v) is 16.6. The predicted molar refractivity (Wildman–Crippen MR) is 108 cm³/mol. The molecule has 0 unspecified atom stereocenters. The van der Waals surface area contributed by atoms with Gasteiger partial charge >= 0.3 is 0 Å². The molecule has 8 heteroatoms. The minimum Gasteiger partial charge on any atom is -0.486 e. The van der Waals surface area contributed by atoms with Crippen LogP contribution in [0, 0.1) is 0 Å². The summed E-state index contributed by atoms with van der Waals surface area (Å²) in [5, 5.41) is 5.10. The average molecular weight is 414 g/mol. The number of likely N-dealkylation sites (tertiary alicyclic amines) is 1. The van der Waals surface area contributed by atoms with Crippen molar-refractivity contribution in [2.24, 2.45) is 5.14 Å². The molecule has 2 aromatic rings. The number of benzene rings is 2. The predicted octanol–water partition coefficient (Wildman–Crippen LogP) is 2.48. The van der Waals surface area contributed by atoms with Gasteiger partial charge in [-0.05, 0) is 54.3 Å². The fourth-order valence-corrected chi connectivity index (χ4v) is 4.19. The SMILES string of the molecule is NS(=O)(=O)c1ccc(/C=C/C(=O)N2CCC[C@@H]2c2ccc3c(c2)OCCO3)cc1. The number of hydrogen-bond acceptors (Lipinski definition) is 5. The minimum absolute atomic E-state index is 0.00673. The molecule has 7 nitrogen and oxygen atoms in total. The molecule has 1 fully saturated rings. The van der Waals surface area contributed by atoms with E-state index in [1.807, 2.05) is 23.1 Å². The van der Waals surface area contributed by atoms with E-state index < -0.39 is 10.0 Å². The molecule has 4 rings (SSSR count). The van der Waals surface area contributed by atoms with Crippen LogP contribution in [-0.2, 0) is 14.8 Å². The molecular weight excluding hydrogens is 392 g/mol.